The van der Waals surface area contributed by atoms with E-state index in [1.807, 2.05) is 0 Å². The topological polar surface area (TPSA) is 213 Å². The minimum atomic E-state index is -4.74. The molecular formula is C20H27N4O12P. The minimum Gasteiger partial charge on any atom is -0.394 e. The van der Waals surface area contributed by atoms with Crippen molar-refractivity contribution in [1.29, 1.82) is 0 Å². The van der Waals surface area contributed by atoms with Gasteiger partial charge in [-0.25, -0.2) is 14.2 Å². The average Bonchev–Trinajstić information content (AvgIpc) is 3.38. The zero-order valence-electron chi connectivity index (χ0n) is 19.8. The number of carbonyl (C=O) groups is 4. The van der Waals surface area contributed by atoms with Crippen molar-refractivity contribution < 1.29 is 57.4 Å². The van der Waals surface area contributed by atoms with Crippen molar-refractivity contribution in [3.63, 3.8) is 0 Å². The normalized spacial score (nSPS) is 51.2. The van der Waals surface area contributed by atoms with Gasteiger partial charge in [0.25, 0.3) is 0 Å². The van der Waals surface area contributed by atoms with Gasteiger partial charge in [0.05, 0.1) is 42.2 Å². The maximum absolute atomic E-state index is 13.2. The van der Waals surface area contributed by atoms with Crippen molar-refractivity contribution in [2.24, 2.45) is 10.8 Å². The zero-order valence-corrected chi connectivity index (χ0v) is 20.7. The lowest BCUT2D eigenvalue weighted by Gasteiger charge is -2.72. The molecular weight excluding hydrogens is 519 g/mol. The Morgan fingerprint density at radius 2 is 1.49 bits per heavy atom. The second-order valence-electron chi connectivity index (χ2n) is 10.5. The molecule has 5 aliphatic heterocycles. The second kappa shape index (κ2) is 7.93. The molecule has 204 valence electrons. The Bertz CT molecular complexity index is 1140. The molecule has 0 aromatic carbocycles. The molecule has 0 radical (unpaired) electrons. The first-order valence-corrected chi connectivity index (χ1v) is 13.4. The van der Waals surface area contributed by atoms with Crippen molar-refractivity contribution in [3.8, 4) is 0 Å². The highest BCUT2D eigenvalue weighted by molar-refractivity contribution is 7.47. The highest BCUT2D eigenvalue weighted by atomic mass is 31.2. The fraction of sp³-hybridized carbons (Fsp3) is 0.800. The number of imide groups is 2. The van der Waals surface area contributed by atoms with Crippen LogP contribution in [0.5, 0.6) is 0 Å². The molecule has 6 fully saturated rings. The molecule has 37 heavy (non-hydrogen) atoms. The Kier molecular flexibility index (Phi) is 5.38. The number of aliphatic hydroxyl groups is 2. The van der Waals surface area contributed by atoms with E-state index < -0.39 is 105 Å². The standard InChI is InChI=1S/C20H27N4O12P/c1-19-13-14-20(19,2)16(28)22-18(30)24(14)12-4-8(9(5-25)34-12)36-37(31,32)33-6-10-7(26)3-11(35-10)23(13)17(29)21-15(19)27/h7-14,25-26H,3-6H2,1-2H3,(H,31,32)(H,21,27,29)(H,22,28,30)/t7-,8-,9+,10+,11+,12+,13?,14?,19-,20+/m0/s1. The van der Waals surface area contributed by atoms with E-state index in [4.69, 9.17) is 18.5 Å². The summed E-state index contributed by atoms with van der Waals surface area (Å²) in [5.41, 5.74) is -3.02. The number of phosphoric acid groups is 1. The molecule has 0 spiro atoms. The maximum Gasteiger partial charge on any atom is 0.472 e. The van der Waals surface area contributed by atoms with Crippen LogP contribution in [-0.4, -0.2) is 111 Å². The molecule has 5 heterocycles. The number of hydrogen-bond donors (Lipinski definition) is 5. The molecule has 6 aliphatic rings. The van der Waals surface area contributed by atoms with Crippen molar-refractivity contribution in [2.45, 2.75) is 75.6 Å². The quantitative estimate of drug-likeness (QED) is 0.225. The van der Waals surface area contributed by atoms with E-state index in [1.165, 1.54) is 23.6 Å². The smallest absolute Gasteiger partial charge is 0.394 e. The summed E-state index contributed by atoms with van der Waals surface area (Å²) in [7, 11) is -4.74. The summed E-state index contributed by atoms with van der Waals surface area (Å²) >= 11 is 0. The van der Waals surface area contributed by atoms with Gasteiger partial charge in [-0.15, -0.1) is 0 Å². The van der Waals surface area contributed by atoms with Gasteiger partial charge >= 0.3 is 19.9 Å². The zero-order chi connectivity index (χ0) is 26.7. The fourth-order valence-electron chi connectivity index (χ4n) is 6.76. The van der Waals surface area contributed by atoms with Gasteiger partial charge in [0, 0.05) is 12.8 Å². The largest absolute Gasteiger partial charge is 0.472 e. The number of hydrogen-bond acceptors (Lipinski definition) is 11. The molecule has 6 amide bonds. The third kappa shape index (κ3) is 3.18. The Labute approximate surface area is 209 Å². The Hall–Kier alpha value is -2.17. The molecule has 6 rings (SSSR count). The third-order valence-corrected chi connectivity index (χ3v) is 9.88. The van der Waals surface area contributed by atoms with Gasteiger partial charge < -0.3 is 24.6 Å². The number of nitrogens with zero attached hydrogens (tertiary/aromatic N) is 2. The summed E-state index contributed by atoms with van der Waals surface area (Å²) in [6.45, 7) is 1.84. The lowest BCUT2D eigenvalue weighted by molar-refractivity contribution is -0.242. The van der Waals surface area contributed by atoms with Crippen LogP contribution in [0.1, 0.15) is 26.7 Å². The number of nitrogens with one attached hydrogen (secondary N) is 2. The van der Waals surface area contributed by atoms with Crippen molar-refractivity contribution in [1.82, 2.24) is 20.4 Å². The Morgan fingerprint density at radius 3 is 2.03 bits per heavy atom. The molecule has 17 heteroatoms. The van der Waals surface area contributed by atoms with Gasteiger partial charge in [0.15, 0.2) is 0 Å². The summed E-state index contributed by atoms with van der Waals surface area (Å²) in [5, 5.41) is 24.9. The van der Waals surface area contributed by atoms with E-state index in [1.54, 1.807) is 0 Å². The Balaban J connectivity index is 1.49. The van der Waals surface area contributed by atoms with Crippen molar-refractivity contribution in [2.75, 3.05) is 13.2 Å². The van der Waals surface area contributed by atoms with E-state index in [0.29, 0.717) is 0 Å². The molecule has 1 aliphatic carbocycles. The number of aliphatic hydroxyl groups excluding tert-OH is 2. The van der Waals surface area contributed by atoms with Gasteiger partial charge in [-0.05, 0) is 13.8 Å². The van der Waals surface area contributed by atoms with Gasteiger partial charge in [-0.3, -0.25) is 39.1 Å². The third-order valence-electron chi connectivity index (χ3n) is 8.87. The predicted molar refractivity (Wildman–Crippen MR) is 115 cm³/mol. The summed E-state index contributed by atoms with van der Waals surface area (Å²) in [5.74, 6) is -1.42. The highest BCUT2D eigenvalue weighted by Crippen LogP contribution is 2.64. The summed E-state index contributed by atoms with van der Waals surface area (Å²) in [6.07, 6.45) is -7.24. The van der Waals surface area contributed by atoms with Crippen LogP contribution < -0.4 is 10.6 Å². The number of phosphoric ester groups is 1. The first-order chi connectivity index (χ1) is 17.3. The van der Waals surface area contributed by atoms with Gasteiger partial charge in [-0.2, -0.15) is 0 Å². The van der Waals surface area contributed by atoms with E-state index in [-0.39, 0.29) is 12.8 Å². The second-order valence-corrected chi connectivity index (χ2v) is 11.9. The molecule has 5 saturated heterocycles. The number of fused-ring (bicyclic) bond motifs is 7. The van der Waals surface area contributed by atoms with E-state index in [2.05, 4.69) is 10.6 Å². The van der Waals surface area contributed by atoms with Crippen molar-refractivity contribution in [3.05, 3.63) is 0 Å². The van der Waals surface area contributed by atoms with Crippen molar-refractivity contribution >= 4 is 31.7 Å². The molecule has 4 bridgehead atoms. The minimum absolute atomic E-state index is 0.127. The molecule has 0 aromatic rings. The SMILES string of the molecule is C[C@]12C(=O)NC(=O)N3C1C1N(C(=O)NC(=O)[C@]12C)[C@H]1C[C@H](O)[C@@H](COP(=O)(O)O[C@H]2C[C@H]3O[C@@H]2CO)O1. The number of urea groups is 2. The van der Waals surface area contributed by atoms with Crippen LogP contribution in [-0.2, 0) is 32.7 Å². The highest BCUT2D eigenvalue weighted by Gasteiger charge is 2.82. The number of carbonyl (C=O) groups excluding carboxylic acids is 4. The number of ether oxygens (including phenoxy) is 2. The van der Waals surface area contributed by atoms with Crippen LogP contribution in [0.3, 0.4) is 0 Å². The van der Waals surface area contributed by atoms with Crippen LogP contribution in [0, 0.1) is 10.8 Å². The van der Waals surface area contributed by atoms with Crippen LogP contribution in [0.2, 0.25) is 0 Å². The number of amides is 6. The van der Waals surface area contributed by atoms with Gasteiger partial charge in [0.2, 0.25) is 11.8 Å². The predicted octanol–water partition coefficient (Wildman–Crippen LogP) is -2.05. The van der Waals surface area contributed by atoms with E-state index in [9.17, 15) is 38.8 Å². The van der Waals surface area contributed by atoms with Crippen LogP contribution in [0.25, 0.3) is 0 Å². The van der Waals surface area contributed by atoms with Gasteiger partial charge in [0.1, 0.15) is 30.8 Å². The number of rotatable bonds is 1. The summed E-state index contributed by atoms with van der Waals surface area (Å²) < 4.78 is 34.6. The van der Waals surface area contributed by atoms with Crippen LogP contribution in [0.4, 0.5) is 9.59 Å². The first-order valence-electron chi connectivity index (χ1n) is 11.9. The molecule has 3 unspecified atom stereocenters. The molecule has 16 nitrogen and oxygen atoms in total. The lowest BCUT2D eigenvalue weighted by atomic mass is 9.42. The van der Waals surface area contributed by atoms with E-state index in [0.717, 1.165) is 0 Å². The summed E-state index contributed by atoms with van der Waals surface area (Å²) in [6, 6.07) is -3.82. The first kappa shape index (κ1) is 25.1. The van der Waals surface area contributed by atoms with Crippen LogP contribution in [0.15, 0.2) is 0 Å². The molecule has 5 N–H and O–H groups in total. The fourth-order valence-corrected chi connectivity index (χ4v) is 7.72. The lowest BCUT2D eigenvalue weighted by Crippen LogP contribution is -2.92. The average molecular weight is 546 g/mol. The maximum atomic E-state index is 13.2. The summed E-state index contributed by atoms with van der Waals surface area (Å²) in [4.78, 5) is 65.5. The van der Waals surface area contributed by atoms with Gasteiger partial charge in [-0.1, -0.05) is 0 Å². The molecule has 1 saturated carbocycles. The molecule has 11 atom stereocenters. The van der Waals surface area contributed by atoms with E-state index >= 15 is 0 Å². The monoisotopic (exact) mass is 546 g/mol. The Morgan fingerprint density at radius 1 is 0.946 bits per heavy atom. The molecule has 0 aromatic heterocycles. The van der Waals surface area contributed by atoms with Crippen LogP contribution >= 0.6 is 7.82 Å².